The van der Waals surface area contributed by atoms with Gasteiger partial charge in [-0.2, -0.15) is 0 Å². The molecule has 2 N–H and O–H groups in total. The standard InChI is InChI=1S/C16H29N3O2/c1-2-5-15(20)19-9-4-7-14(12-19)16(21)18-11-13-6-3-8-17-10-13/h13-14,17H,2-12H2,1H3,(H,18,21). The molecule has 2 heterocycles. The van der Waals surface area contributed by atoms with Crippen molar-refractivity contribution in [3.8, 4) is 0 Å². The first-order chi connectivity index (χ1) is 10.2. The average molecular weight is 295 g/mol. The Hall–Kier alpha value is -1.10. The molecule has 0 aromatic rings. The highest BCUT2D eigenvalue weighted by Crippen LogP contribution is 2.18. The van der Waals surface area contributed by atoms with Gasteiger partial charge in [-0.25, -0.2) is 0 Å². The lowest BCUT2D eigenvalue weighted by molar-refractivity contribution is -0.135. The van der Waals surface area contributed by atoms with Crippen LogP contribution in [0.25, 0.3) is 0 Å². The van der Waals surface area contributed by atoms with E-state index >= 15 is 0 Å². The smallest absolute Gasteiger partial charge is 0.224 e. The number of amides is 2. The zero-order chi connectivity index (χ0) is 15.1. The predicted octanol–water partition coefficient (Wildman–Crippen LogP) is 1.14. The number of hydrogen-bond acceptors (Lipinski definition) is 3. The third-order valence-electron chi connectivity index (χ3n) is 4.57. The molecule has 5 nitrogen and oxygen atoms in total. The summed E-state index contributed by atoms with van der Waals surface area (Å²) < 4.78 is 0. The number of nitrogens with one attached hydrogen (secondary N) is 2. The summed E-state index contributed by atoms with van der Waals surface area (Å²) in [6, 6.07) is 0. The van der Waals surface area contributed by atoms with Crippen molar-refractivity contribution in [1.82, 2.24) is 15.5 Å². The van der Waals surface area contributed by atoms with Gasteiger partial charge < -0.3 is 15.5 Å². The maximum Gasteiger partial charge on any atom is 0.224 e. The van der Waals surface area contributed by atoms with Crippen molar-refractivity contribution in [2.24, 2.45) is 11.8 Å². The lowest BCUT2D eigenvalue weighted by Gasteiger charge is -2.32. The molecule has 2 aliphatic rings. The molecule has 0 bridgehead atoms. The van der Waals surface area contributed by atoms with Crippen molar-refractivity contribution < 1.29 is 9.59 Å². The van der Waals surface area contributed by atoms with Gasteiger partial charge in [0, 0.05) is 26.1 Å². The Morgan fingerprint density at radius 1 is 1.29 bits per heavy atom. The van der Waals surface area contributed by atoms with Crippen LogP contribution in [0.3, 0.4) is 0 Å². The second-order valence-electron chi connectivity index (χ2n) is 6.39. The van der Waals surface area contributed by atoms with Crippen molar-refractivity contribution in [1.29, 1.82) is 0 Å². The molecule has 5 heteroatoms. The Kier molecular flexibility index (Phi) is 6.49. The van der Waals surface area contributed by atoms with Crippen molar-refractivity contribution in [2.45, 2.75) is 45.4 Å². The fourth-order valence-electron chi connectivity index (χ4n) is 3.28. The molecule has 21 heavy (non-hydrogen) atoms. The van der Waals surface area contributed by atoms with E-state index in [4.69, 9.17) is 0 Å². The summed E-state index contributed by atoms with van der Waals surface area (Å²) in [5.41, 5.74) is 0. The summed E-state index contributed by atoms with van der Waals surface area (Å²) in [4.78, 5) is 26.1. The highest BCUT2D eigenvalue weighted by molar-refractivity contribution is 5.81. The third kappa shape index (κ3) is 4.99. The molecule has 120 valence electrons. The fourth-order valence-corrected chi connectivity index (χ4v) is 3.28. The van der Waals surface area contributed by atoms with Crippen LogP contribution in [0.1, 0.15) is 45.4 Å². The summed E-state index contributed by atoms with van der Waals surface area (Å²) in [5.74, 6) is 0.876. The van der Waals surface area contributed by atoms with E-state index < -0.39 is 0 Å². The molecule has 0 radical (unpaired) electrons. The molecular weight excluding hydrogens is 266 g/mol. The van der Waals surface area contributed by atoms with Crippen LogP contribution < -0.4 is 10.6 Å². The molecule has 2 fully saturated rings. The van der Waals surface area contributed by atoms with Gasteiger partial charge in [0.1, 0.15) is 0 Å². The molecule has 0 spiro atoms. The Labute approximate surface area is 127 Å². The van der Waals surface area contributed by atoms with Gasteiger partial charge in [0.2, 0.25) is 11.8 Å². The molecule has 2 aliphatic heterocycles. The van der Waals surface area contributed by atoms with Gasteiger partial charge >= 0.3 is 0 Å². The number of piperidine rings is 2. The lowest BCUT2D eigenvalue weighted by Crippen LogP contribution is -2.47. The monoisotopic (exact) mass is 295 g/mol. The minimum Gasteiger partial charge on any atom is -0.355 e. The van der Waals surface area contributed by atoms with Crippen molar-refractivity contribution in [2.75, 3.05) is 32.7 Å². The minimum atomic E-state index is -0.0175. The largest absolute Gasteiger partial charge is 0.355 e. The van der Waals surface area contributed by atoms with Crippen molar-refractivity contribution >= 4 is 11.8 Å². The quantitative estimate of drug-likeness (QED) is 0.799. The van der Waals surface area contributed by atoms with Crippen LogP contribution in [0.2, 0.25) is 0 Å². The van der Waals surface area contributed by atoms with E-state index in [1.165, 1.54) is 12.8 Å². The maximum atomic E-state index is 12.3. The molecule has 2 saturated heterocycles. The van der Waals surface area contributed by atoms with Gasteiger partial charge in [-0.3, -0.25) is 9.59 Å². The Morgan fingerprint density at radius 3 is 2.86 bits per heavy atom. The summed E-state index contributed by atoms with van der Waals surface area (Å²) >= 11 is 0. The normalized spacial score (nSPS) is 26.4. The molecule has 0 aromatic heterocycles. The SMILES string of the molecule is CCCC(=O)N1CCCC(C(=O)NCC2CCCNC2)C1. The Bertz CT molecular complexity index is 353. The number of rotatable bonds is 5. The summed E-state index contributed by atoms with van der Waals surface area (Å²) in [6.45, 7) is 6.31. The lowest BCUT2D eigenvalue weighted by atomic mass is 9.95. The highest BCUT2D eigenvalue weighted by Gasteiger charge is 2.28. The number of likely N-dealkylation sites (tertiary alicyclic amines) is 1. The topological polar surface area (TPSA) is 61.4 Å². The molecule has 0 aliphatic carbocycles. The number of carbonyl (C=O) groups is 2. The van der Waals surface area contributed by atoms with E-state index in [0.29, 0.717) is 18.9 Å². The van der Waals surface area contributed by atoms with E-state index in [1.807, 2.05) is 11.8 Å². The molecular formula is C16H29N3O2. The van der Waals surface area contributed by atoms with Gasteiger partial charge in [-0.05, 0) is 51.1 Å². The molecule has 2 amide bonds. The van der Waals surface area contributed by atoms with Crippen LogP contribution in [0.5, 0.6) is 0 Å². The summed E-state index contributed by atoms with van der Waals surface area (Å²) in [6.07, 6.45) is 5.72. The molecule has 0 saturated carbocycles. The second kappa shape index (κ2) is 8.37. The maximum absolute atomic E-state index is 12.3. The van der Waals surface area contributed by atoms with Gasteiger partial charge in [0.25, 0.3) is 0 Å². The average Bonchev–Trinajstić information content (AvgIpc) is 2.54. The van der Waals surface area contributed by atoms with E-state index in [-0.39, 0.29) is 17.7 Å². The molecule has 2 atom stereocenters. The van der Waals surface area contributed by atoms with Gasteiger partial charge in [-0.15, -0.1) is 0 Å². The van der Waals surface area contributed by atoms with Crippen LogP contribution in [0.15, 0.2) is 0 Å². The number of carbonyl (C=O) groups excluding carboxylic acids is 2. The molecule has 2 unspecified atom stereocenters. The van der Waals surface area contributed by atoms with Crippen molar-refractivity contribution in [3.63, 3.8) is 0 Å². The van der Waals surface area contributed by atoms with E-state index in [9.17, 15) is 9.59 Å². The van der Waals surface area contributed by atoms with E-state index in [2.05, 4.69) is 10.6 Å². The zero-order valence-corrected chi connectivity index (χ0v) is 13.2. The summed E-state index contributed by atoms with van der Waals surface area (Å²) in [5, 5.41) is 6.47. The third-order valence-corrected chi connectivity index (χ3v) is 4.57. The Balaban J connectivity index is 1.74. The first-order valence-corrected chi connectivity index (χ1v) is 8.47. The van der Waals surface area contributed by atoms with Gasteiger partial charge in [-0.1, -0.05) is 6.92 Å². The predicted molar refractivity (Wildman–Crippen MR) is 82.8 cm³/mol. The first-order valence-electron chi connectivity index (χ1n) is 8.47. The van der Waals surface area contributed by atoms with Crippen LogP contribution in [-0.4, -0.2) is 49.4 Å². The van der Waals surface area contributed by atoms with Crippen LogP contribution >= 0.6 is 0 Å². The zero-order valence-electron chi connectivity index (χ0n) is 13.2. The van der Waals surface area contributed by atoms with Crippen molar-refractivity contribution in [3.05, 3.63) is 0 Å². The minimum absolute atomic E-state index is 0.0175. The first kappa shape index (κ1) is 16.3. The van der Waals surface area contributed by atoms with Gasteiger partial charge in [0.15, 0.2) is 0 Å². The van der Waals surface area contributed by atoms with Crippen LogP contribution in [0, 0.1) is 11.8 Å². The second-order valence-corrected chi connectivity index (χ2v) is 6.39. The van der Waals surface area contributed by atoms with Crippen LogP contribution in [0.4, 0.5) is 0 Å². The van der Waals surface area contributed by atoms with E-state index in [1.54, 1.807) is 0 Å². The number of hydrogen-bond donors (Lipinski definition) is 2. The van der Waals surface area contributed by atoms with Gasteiger partial charge in [0.05, 0.1) is 5.92 Å². The van der Waals surface area contributed by atoms with Crippen LogP contribution in [-0.2, 0) is 9.59 Å². The molecule has 0 aromatic carbocycles. The van der Waals surface area contributed by atoms with E-state index in [0.717, 1.165) is 45.4 Å². The Morgan fingerprint density at radius 2 is 2.14 bits per heavy atom. The fraction of sp³-hybridized carbons (Fsp3) is 0.875. The summed E-state index contributed by atoms with van der Waals surface area (Å²) in [7, 11) is 0. The molecule has 2 rings (SSSR count). The highest BCUT2D eigenvalue weighted by atomic mass is 16.2. The number of nitrogens with zero attached hydrogens (tertiary/aromatic N) is 1.